The third-order valence-electron chi connectivity index (χ3n) is 0.348. The molecule has 2 nitrogen and oxygen atoms in total. The monoisotopic (exact) mass is 144 g/mol. The summed E-state index contributed by atoms with van der Waals surface area (Å²) in [6.07, 6.45) is 0. The Morgan fingerprint density at radius 2 is 2.14 bits per heavy atom. The van der Waals surface area contributed by atoms with Crippen molar-refractivity contribution in [1.29, 1.82) is 0 Å². The summed E-state index contributed by atoms with van der Waals surface area (Å²) in [5, 5.41) is 0. The minimum Gasteiger partial charge on any atom is -0.466 e. The number of hydrogen-bond donors (Lipinski definition) is 0. The maximum absolute atomic E-state index is 9.82. The molecule has 0 N–H and O–H groups in total. The molecule has 0 heterocycles. The van der Waals surface area contributed by atoms with E-state index in [0.717, 1.165) is 0 Å². The van der Waals surface area contributed by atoms with Crippen molar-refractivity contribution in [1.82, 2.24) is 0 Å². The molecular weight excluding hydrogens is 136 g/mol. The Kier molecular flexibility index (Phi) is 8.62. The van der Waals surface area contributed by atoms with Crippen LogP contribution in [-0.4, -0.2) is 12.6 Å². The third kappa shape index (κ3) is 10.7. The largest absolute Gasteiger partial charge is 0.466 e. The van der Waals surface area contributed by atoms with E-state index in [0.29, 0.717) is 6.61 Å². The topological polar surface area (TPSA) is 26.3 Å². The van der Waals surface area contributed by atoms with Crippen molar-refractivity contribution in [2.24, 2.45) is 0 Å². The van der Waals surface area contributed by atoms with Crippen molar-refractivity contribution in [2.75, 3.05) is 6.61 Å². The van der Waals surface area contributed by atoms with Gasteiger partial charge in [-0.1, -0.05) is 0 Å². The number of rotatable bonds is 1. The third-order valence-corrected chi connectivity index (χ3v) is 0.348. The summed E-state index contributed by atoms with van der Waals surface area (Å²) >= 11 is 0. The van der Waals surface area contributed by atoms with Gasteiger partial charge in [-0.15, -0.1) is 0 Å². The quantitative estimate of drug-likeness (QED) is 0.397. The second-order valence-electron chi connectivity index (χ2n) is 0.925. The van der Waals surface area contributed by atoms with E-state index < -0.39 is 0 Å². The molecule has 0 bridgehead atoms. The first-order valence-electron chi connectivity index (χ1n) is 1.90. The number of esters is 1. The van der Waals surface area contributed by atoms with E-state index in [9.17, 15) is 4.79 Å². The number of ether oxygens (including phenoxy) is 1. The minimum atomic E-state index is -0.211. The molecular formula is C4H8FeO2. The van der Waals surface area contributed by atoms with Crippen LogP contribution in [0.25, 0.3) is 0 Å². The van der Waals surface area contributed by atoms with Crippen LogP contribution in [0.5, 0.6) is 0 Å². The second kappa shape index (κ2) is 5.99. The molecule has 0 amide bonds. The summed E-state index contributed by atoms with van der Waals surface area (Å²) in [5.41, 5.74) is 0. The van der Waals surface area contributed by atoms with Crippen LogP contribution in [0, 0.1) is 0 Å². The van der Waals surface area contributed by atoms with Gasteiger partial charge in [0.05, 0.1) is 6.61 Å². The van der Waals surface area contributed by atoms with Crippen molar-refractivity contribution >= 4 is 5.97 Å². The Bertz CT molecular complexity index is 53.7. The molecule has 0 aromatic rings. The zero-order chi connectivity index (χ0) is 4.99. The van der Waals surface area contributed by atoms with Crippen LogP contribution in [0.15, 0.2) is 0 Å². The van der Waals surface area contributed by atoms with Gasteiger partial charge in [-0.05, 0) is 6.92 Å². The Morgan fingerprint density at radius 3 is 2.14 bits per heavy atom. The van der Waals surface area contributed by atoms with E-state index in [1.807, 2.05) is 0 Å². The molecule has 0 atom stereocenters. The molecule has 0 fully saturated rings. The first-order valence-corrected chi connectivity index (χ1v) is 1.90. The van der Waals surface area contributed by atoms with Crippen molar-refractivity contribution < 1.29 is 26.6 Å². The van der Waals surface area contributed by atoms with E-state index in [4.69, 9.17) is 0 Å². The van der Waals surface area contributed by atoms with E-state index in [1.165, 1.54) is 6.92 Å². The van der Waals surface area contributed by atoms with Crippen LogP contribution >= 0.6 is 0 Å². The number of hydrogen-bond acceptors (Lipinski definition) is 2. The minimum absolute atomic E-state index is 0. The van der Waals surface area contributed by atoms with E-state index in [1.54, 1.807) is 6.92 Å². The van der Waals surface area contributed by atoms with E-state index >= 15 is 0 Å². The van der Waals surface area contributed by atoms with Gasteiger partial charge in [-0.3, -0.25) is 4.79 Å². The van der Waals surface area contributed by atoms with Crippen LogP contribution in [0.4, 0.5) is 0 Å². The predicted molar refractivity (Wildman–Crippen MR) is 22.3 cm³/mol. The van der Waals surface area contributed by atoms with Gasteiger partial charge < -0.3 is 4.74 Å². The van der Waals surface area contributed by atoms with Crippen LogP contribution in [0.1, 0.15) is 13.8 Å². The molecule has 44 valence electrons. The Balaban J connectivity index is 0. The molecule has 0 radical (unpaired) electrons. The van der Waals surface area contributed by atoms with Crippen LogP contribution in [0.2, 0.25) is 0 Å². The van der Waals surface area contributed by atoms with E-state index in [2.05, 4.69) is 4.74 Å². The van der Waals surface area contributed by atoms with Gasteiger partial charge in [0.1, 0.15) is 0 Å². The van der Waals surface area contributed by atoms with E-state index in [-0.39, 0.29) is 23.0 Å². The predicted octanol–water partition coefficient (Wildman–Crippen LogP) is 0.567. The summed E-state index contributed by atoms with van der Waals surface area (Å²) in [6, 6.07) is 0. The van der Waals surface area contributed by atoms with Crippen molar-refractivity contribution in [3.63, 3.8) is 0 Å². The molecule has 0 saturated heterocycles. The zero-order valence-corrected chi connectivity index (χ0v) is 5.48. The van der Waals surface area contributed by atoms with Gasteiger partial charge in [0.2, 0.25) is 0 Å². The Morgan fingerprint density at radius 1 is 1.71 bits per heavy atom. The first kappa shape index (κ1) is 10.1. The molecule has 0 spiro atoms. The van der Waals surface area contributed by atoms with Gasteiger partial charge in [0.15, 0.2) is 0 Å². The Hall–Kier alpha value is -0.0105. The van der Waals surface area contributed by atoms with Crippen LogP contribution in [0.3, 0.4) is 0 Å². The number of carbonyl (C=O) groups excluding carboxylic acids is 1. The number of carbonyl (C=O) groups is 1. The fourth-order valence-electron chi connectivity index (χ4n) is 0.203. The molecule has 0 saturated carbocycles. The second-order valence-corrected chi connectivity index (χ2v) is 0.925. The molecule has 0 aromatic carbocycles. The van der Waals surface area contributed by atoms with Gasteiger partial charge in [0, 0.05) is 24.0 Å². The molecule has 0 aliphatic carbocycles. The van der Waals surface area contributed by atoms with Gasteiger partial charge >= 0.3 is 5.97 Å². The molecule has 7 heavy (non-hydrogen) atoms. The molecule has 3 heteroatoms. The van der Waals surface area contributed by atoms with Gasteiger partial charge in [0.25, 0.3) is 0 Å². The van der Waals surface area contributed by atoms with Crippen molar-refractivity contribution in [3.8, 4) is 0 Å². The standard InChI is InChI=1S/C4H8O2.Fe/c1-3-6-4(2)5;/h3H2,1-2H3;. The summed E-state index contributed by atoms with van der Waals surface area (Å²) in [6.45, 7) is 3.65. The van der Waals surface area contributed by atoms with Gasteiger partial charge in [-0.2, -0.15) is 0 Å². The molecule has 0 unspecified atom stereocenters. The average molecular weight is 144 g/mol. The Labute approximate surface area is 53.7 Å². The summed E-state index contributed by atoms with van der Waals surface area (Å²) in [4.78, 5) is 9.82. The average Bonchev–Trinajstić information content (AvgIpc) is 1.35. The first-order chi connectivity index (χ1) is 2.77. The van der Waals surface area contributed by atoms with Crippen molar-refractivity contribution in [3.05, 3.63) is 0 Å². The summed E-state index contributed by atoms with van der Waals surface area (Å²) in [5.74, 6) is -0.211. The zero-order valence-electron chi connectivity index (χ0n) is 4.38. The smallest absolute Gasteiger partial charge is 0.302 e. The van der Waals surface area contributed by atoms with Crippen LogP contribution < -0.4 is 0 Å². The molecule has 0 aromatic heterocycles. The van der Waals surface area contributed by atoms with Crippen molar-refractivity contribution in [2.45, 2.75) is 13.8 Å². The fourth-order valence-corrected chi connectivity index (χ4v) is 0.203. The fraction of sp³-hybridized carbons (Fsp3) is 0.750. The molecule has 0 aliphatic heterocycles. The summed E-state index contributed by atoms with van der Waals surface area (Å²) < 4.78 is 4.40. The molecule has 0 rings (SSSR count). The maximum atomic E-state index is 9.82. The van der Waals surface area contributed by atoms with Gasteiger partial charge in [-0.25, -0.2) is 0 Å². The van der Waals surface area contributed by atoms with Crippen LogP contribution in [-0.2, 0) is 26.6 Å². The summed E-state index contributed by atoms with van der Waals surface area (Å²) in [7, 11) is 0. The maximum Gasteiger partial charge on any atom is 0.302 e. The molecule has 0 aliphatic rings. The normalized spacial score (nSPS) is 6.57. The SMILES string of the molecule is CCOC(C)=O.[Fe].